The Labute approximate surface area is 147 Å². The molecule has 0 amide bonds. The monoisotopic (exact) mass is 332 g/mol. The summed E-state index contributed by atoms with van der Waals surface area (Å²) in [4.78, 5) is 0. The molecule has 0 N–H and O–H groups in total. The van der Waals surface area contributed by atoms with Crippen LogP contribution < -0.4 is 0 Å². The van der Waals surface area contributed by atoms with Crippen LogP contribution in [0.3, 0.4) is 0 Å². The van der Waals surface area contributed by atoms with Crippen LogP contribution in [0.5, 0.6) is 0 Å². The molecule has 24 heavy (non-hydrogen) atoms. The highest BCUT2D eigenvalue weighted by Crippen LogP contribution is 2.01. The van der Waals surface area contributed by atoms with Gasteiger partial charge in [-0.2, -0.15) is 0 Å². The van der Waals surface area contributed by atoms with Crippen LogP contribution in [0.4, 0.5) is 0 Å². The first-order valence-electron chi connectivity index (χ1n) is 8.99. The summed E-state index contributed by atoms with van der Waals surface area (Å²) < 4.78 is 16.6. The first-order chi connectivity index (χ1) is 11.9. The molecule has 1 aromatic carbocycles. The lowest BCUT2D eigenvalue weighted by atomic mass is 10.2. The van der Waals surface area contributed by atoms with E-state index in [0.29, 0.717) is 6.61 Å². The molecule has 0 aromatic heterocycles. The lowest BCUT2D eigenvalue weighted by Crippen LogP contribution is -2.02. The SMILES string of the molecule is C/C=C/COCCCCOCCCCOC/C=C/c1ccccc1. The number of hydrogen-bond donors (Lipinski definition) is 0. The van der Waals surface area contributed by atoms with Crippen LogP contribution in [-0.2, 0) is 14.2 Å². The summed E-state index contributed by atoms with van der Waals surface area (Å²) in [6, 6.07) is 10.3. The van der Waals surface area contributed by atoms with Gasteiger partial charge in [-0.3, -0.25) is 0 Å². The molecular formula is C21H32O3. The minimum Gasteiger partial charge on any atom is -0.381 e. The second-order valence-corrected chi connectivity index (χ2v) is 5.56. The lowest BCUT2D eigenvalue weighted by Gasteiger charge is -2.05. The van der Waals surface area contributed by atoms with Crippen LogP contribution in [-0.4, -0.2) is 39.6 Å². The molecule has 0 aliphatic heterocycles. The fourth-order valence-corrected chi connectivity index (χ4v) is 2.07. The van der Waals surface area contributed by atoms with Crippen molar-refractivity contribution in [3.8, 4) is 0 Å². The third-order valence-corrected chi connectivity index (χ3v) is 3.43. The molecule has 3 nitrogen and oxygen atoms in total. The summed E-state index contributed by atoms with van der Waals surface area (Å²) in [5.41, 5.74) is 1.21. The van der Waals surface area contributed by atoms with Gasteiger partial charge >= 0.3 is 0 Å². The first kappa shape index (κ1) is 20.6. The van der Waals surface area contributed by atoms with Crippen molar-refractivity contribution in [2.24, 2.45) is 0 Å². The Morgan fingerprint density at radius 2 is 1.25 bits per heavy atom. The Balaban J connectivity index is 1.77. The Kier molecular flexibility index (Phi) is 14.1. The maximum atomic E-state index is 5.61. The molecule has 0 saturated carbocycles. The zero-order valence-electron chi connectivity index (χ0n) is 15.0. The van der Waals surface area contributed by atoms with E-state index < -0.39 is 0 Å². The van der Waals surface area contributed by atoms with E-state index in [1.165, 1.54) is 5.56 Å². The van der Waals surface area contributed by atoms with Crippen LogP contribution in [0.15, 0.2) is 48.6 Å². The van der Waals surface area contributed by atoms with Crippen LogP contribution >= 0.6 is 0 Å². The van der Waals surface area contributed by atoms with Crippen LogP contribution in [0, 0.1) is 0 Å². The molecule has 3 heteroatoms. The van der Waals surface area contributed by atoms with E-state index in [2.05, 4.69) is 24.3 Å². The summed E-state index contributed by atoms with van der Waals surface area (Å²) in [6.45, 7) is 6.65. The van der Waals surface area contributed by atoms with Crippen molar-refractivity contribution in [3.05, 3.63) is 54.1 Å². The second kappa shape index (κ2) is 16.4. The molecule has 1 rings (SSSR count). The number of allylic oxidation sites excluding steroid dienone is 1. The van der Waals surface area contributed by atoms with E-state index in [9.17, 15) is 0 Å². The van der Waals surface area contributed by atoms with Gasteiger partial charge in [-0.1, -0.05) is 54.6 Å². The summed E-state index contributed by atoms with van der Waals surface area (Å²) in [5.74, 6) is 0. The molecule has 0 bridgehead atoms. The number of ether oxygens (including phenoxy) is 3. The second-order valence-electron chi connectivity index (χ2n) is 5.56. The molecule has 0 spiro atoms. The predicted octanol–water partition coefficient (Wildman–Crippen LogP) is 4.89. The Morgan fingerprint density at radius 1 is 0.708 bits per heavy atom. The van der Waals surface area contributed by atoms with Gasteiger partial charge in [0.05, 0.1) is 13.2 Å². The van der Waals surface area contributed by atoms with Gasteiger partial charge in [0.25, 0.3) is 0 Å². The molecule has 0 heterocycles. The average Bonchev–Trinajstić information content (AvgIpc) is 2.62. The van der Waals surface area contributed by atoms with E-state index in [4.69, 9.17) is 14.2 Å². The van der Waals surface area contributed by atoms with Crippen molar-refractivity contribution >= 4 is 6.08 Å². The molecule has 0 radical (unpaired) electrons. The molecule has 1 aromatic rings. The Bertz CT molecular complexity index is 426. The summed E-state index contributed by atoms with van der Waals surface area (Å²) in [6.07, 6.45) is 12.4. The highest BCUT2D eigenvalue weighted by Gasteiger charge is 1.92. The van der Waals surface area contributed by atoms with Crippen LogP contribution in [0.25, 0.3) is 6.08 Å². The Morgan fingerprint density at radius 3 is 1.83 bits per heavy atom. The molecule has 0 saturated heterocycles. The van der Waals surface area contributed by atoms with Crippen molar-refractivity contribution in [2.45, 2.75) is 32.6 Å². The summed E-state index contributed by atoms with van der Waals surface area (Å²) in [7, 11) is 0. The zero-order chi connectivity index (χ0) is 17.1. The van der Waals surface area contributed by atoms with Gasteiger partial charge in [0.15, 0.2) is 0 Å². The van der Waals surface area contributed by atoms with Gasteiger partial charge in [0.1, 0.15) is 0 Å². The summed E-state index contributed by atoms with van der Waals surface area (Å²) >= 11 is 0. The molecular weight excluding hydrogens is 300 g/mol. The lowest BCUT2D eigenvalue weighted by molar-refractivity contribution is 0.100. The van der Waals surface area contributed by atoms with Gasteiger partial charge < -0.3 is 14.2 Å². The smallest absolute Gasteiger partial charge is 0.0650 e. The van der Waals surface area contributed by atoms with Crippen molar-refractivity contribution in [3.63, 3.8) is 0 Å². The van der Waals surface area contributed by atoms with Gasteiger partial charge in [-0.25, -0.2) is 0 Å². The van der Waals surface area contributed by atoms with Crippen LogP contribution in [0.1, 0.15) is 38.2 Å². The third-order valence-electron chi connectivity index (χ3n) is 3.43. The predicted molar refractivity (Wildman–Crippen MR) is 101 cm³/mol. The topological polar surface area (TPSA) is 27.7 Å². The van der Waals surface area contributed by atoms with Gasteiger partial charge in [-0.05, 0) is 38.2 Å². The fraction of sp³-hybridized carbons (Fsp3) is 0.524. The van der Waals surface area contributed by atoms with Crippen molar-refractivity contribution < 1.29 is 14.2 Å². The van der Waals surface area contributed by atoms with Gasteiger partial charge in [0.2, 0.25) is 0 Å². The number of benzene rings is 1. The standard InChI is InChI=1S/C21H32O3/c1-2-3-15-22-16-7-8-17-23-18-9-10-19-24-20-11-14-21-12-5-4-6-13-21/h2-6,11-14H,7-10,15-20H2,1H3/b3-2+,14-11+. The summed E-state index contributed by atoms with van der Waals surface area (Å²) in [5, 5.41) is 0. The van der Waals surface area contributed by atoms with E-state index in [1.807, 2.05) is 37.3 Å². The third kappa shape index (κ3) is 13.1. The van der Waals surface area contributed by atoms with E-state index >= 15 is 0 Å². The molecule has 0 fully saturated rings. The number of hydrogen-bond acceptors (Lipinski definition) is 3. The van der Waals surface area contributed by atoms with E-state index in [-0.39, 0.29) is 0 Å². The molecule has 0 aliphatic rings. The minimum atomic E-state index is 0.670. The van der Waals surface area contributed by atoms with Crippen molar-refractivity contribution in [1.82, 2.24) is 0 Å². The average molecular weight is 332 g/mol. The normalized spacial score (nSPS) is 11.7. The maximum absolute atomic E-state index is 5.61. The zero-order valence-corrected chi connectivity index (χ0v) is 15.0. The molecule has 0 atom stereocenters. The molecule has 0 aliphatic carbocycles. The molecule has 0 unspecified atom stereocenters. The van der Waals surface area contributed by atoms with E-state index in [1.54, 1.807) is 0 Å². The first-order valence-corrected chi connectivity index (χ1v) is 8.99. The highest BCUT2D eigenvalue weighted by molar-refractivity contribution is 5.48. The fourth-order valence-electron chi connectivity index (χ4n) is 2.07. The Hall–Kier alpha value is -1.42. The van der Waals surface area contributed by atoms with Crippen LogP contribution in [0.2, 0.25) is 0 Å². The minimum absolute atomic E-state index is 0.670. The number of unbranched alkanes of at least 4 members (excludes halogenated alkanes) is 2. The largest absolute Gasteiger partial charge is 0.381 e. The molecule has 134 valence electrons. The van der Waals surface area contributed by atoms with Gasteiger partial charge in [0, 0.05) is 26.4 Å². The van der Waals surface area contributed by atoms with Crippen molar-refractivity contribution in [1.29, 1.82) is 0 Å². The maximum Gasteiger partial charge on any atom is 0.0650 e. The quantitative estimate of drug-likeness (QED) is 0.338. The van der Waals surface area contributed by atoms with Crippen molar-refractivity contribution in [2.75, 3.05) is 39.6 Å². The number of rotatable bonds is 15. The highest BCUT2D eigenvalue weighted by atomic mass is 16.5. The van der Waals surface area contributed by atoms with E-state index in [0.717, 1.165) is 58.7 Å². The van der Waals surface area contributed by atoms with Gasteiger partial charge in [-0.15, -0.1) is 0 Å².